The fourth-order valence-corrected chi connectivity index (χ4v) is 2.56. The molecule has 21 heavy (non-hydrogen) atoms. The number of nitrogens with zero attached hydrogens (tertiary/aromatic N) is 4. The van der Waals surface area contributed by atoms with Gasteiger partial charge in [0.25, 0.3) is 0 Å². The van der Waals surface area contributed by atoms with Crippen molar-refractivity contribution in [3.05, 3.63) is 34.9 Å². The fraction of sp³-hybridized carbons (Fsp3) is 0.625. The molecule has 0 saturated carbocycles. The van der Waals surface area contributed by atoms with Gasteiger partial charge in [-0.3, -0.25) is 9.36 Å². The van der Waals surface area contributed by atoms with Gasteiger partial charge in [-0.25, -0.2) is 0 Å². The highest BCUT2D eigenvalue weighted by Crippen LogP contribution is 2.14. The first kappa shape index (κ1) is 15.8. The van der Waals surface area contributed by atoms with Crippen molar-refractivity contribution in [2.75, 3.05) is 6.54 Å². The number of aryl methyl sites for hydroxylation is 4. The molecule has 0 saturated heterocycles. The van der Waals surface area contributed by atoms with E-state index >= 15 is 0 Å². The molecule has 0 aliphatic carbocycles. The SMILES string of the molecule is Cc1nn(CCc2ccnn2C)c(C)c1CNCC(C)C. The molecule has 0 bridgehead atoms. The molecule has 1 N–H and O–H groups in total. The molecule has 5 heteroatoms. The molecule has 2 aromatic heterocycles. The van der Waals surface area contributed by atoms with Crippen LogP contribution in [0.5, 0.6) is 0 Å². The van der Waals surface area contributed by atoms with Crippen LogP contribution < -0.4 is 5.32 Å². The molecule has 0 atom stereocenters. The van der Waals surface area contributed by atoms with Crippen molar-refractivity contribution in [2.45, 2.75) is 47.2 Å². The van der Waals surface area contributed by atoms with E-state index < -0.39 is 0 Å². The zero-order valence-corrected chi connectivity index (χ0v) is 13.8. The normalized spacial score (nSPS) is 11.5. The largest absolute Gasteiger partial charge is 0.312 e. The fourth-order valence-electron chi connectivity index (χ4n) is 2.56. The summed E-state index contributed by atoms with van der Waals surface area (Å²) in [7, 11) is 1.98. The van der Waals surface area contributed by atoms with Gasteiger partial charge in [-0.2, -0.15) is 10.2 Å². The van der Waals surface area contributed by atoms with E-state index in [2.05, 4.69) is 54.0 Å². The van der Waals surface area contributed by atoms with E-state index in [0.29, 0.717) is 5.92 Å². The van der Waals surface area contributed by atoms with Crippen LogP contribution in [0, 0.1) is 19.8 Å². The van der Waals surface area contributed by atoms with Crippen molar-refractivity contribution in [3.8, 4) is 0 Å². The molecule has 2 rings (SSSR count). The Morgan fingerprint density at radius 3 is 2.67 bits per heavy atom. The highest BCUT2D eigenvalue weighted by Gasteiger charge is 2.11. The van der Waals surface area contributed by atoms with Gasteiger partial charge in [0, 0.05) is 49.7 Å². The van der Waals surface area contributed by atoms with Crippen LogP contribution in [0.2, 0.25) is 0 Å². The molecule has 0 fully saturated rings. The maximum absolute atomic E-state index is 4.68. The van der Waals surface area contributed by atoms with Crippen molar-refractivity contribution in [1.82, 2.24) is 24.9 Å². The molecule has 0 aliphatic heterocycles. The minimum Gasteiger partial charge on any atom is -0.312 e. The lowest BCUT2D eigenvalue weighted by molar-refractivity contribution is 0.548. The van der Waals surface area contributed by atoms with Crippen LogP contribution in [0.15, 0.2) is 12.3 Å². The Labute approximate surface area is 127 Å². The Morgan fingerprint density at radius 2 is 2.05 bits per heavy atom. The summed E-state index contributed by atoms with van der Waals surface area (Å²) in [5.41, 5.74) is 4.97. The maximum atomic E-state index is 4.68. The monoisotopic (exact) mass is 289 g/mol. The van der Waals surface area contributed by atoms with E-state index in [1.807, 2.05) is 17.9 Å². The van der Waals surface area contributed by atoms with E-state index in [4.69, 9.17) is 0 Å². The van der Waals surface area contributed by atoms with Gasteiger partial charge in [-0.1, -0.05) is 13.8 Å². The smallest absolute Gasteiger partial charge is 0.0641 e. The second-order valence-electron chi connectivity index (χ2n) is 6.09. The number of aromatic nitrogens is 4. The summed E-state index contributed by atoms with van der Waals surface area (Å²) in [5, 5.41) is 12.4. The summed E-state index contributed by atoms with van der Waals surface area (Å²) >= 11 is 0. The Morgan fingerprint density at radius 1 is 1.29 bits per heavy atom. The first-order valence-electron chi connectivity index (χ1n) is 7.69. The molecule has 116 valence electrons. The second kappa shape index (κ2) is 6.89. The van der Waals surface area contributed by atoms with E-state index in [9.17, 15) is 0 Å². The molecule has 0 unspecified atom stereocenters. The van der Waals surface area contributed by atoms with Crippen LogP contribution in [0.25, 0.3) is 0 Å². The van der Waals surface area contributed by atoms with Crippen LogP contribution in [-0.2, 0) is 26.6 Å². The molecule has 5 nitrogen and oxygen atoms in total. The lowest BCUT2D eigenvalue weighted by Gasteiger charge is -2.08. The average Bonchev–Trinajstić information content (AvgIpc) is 2.94. The topological polar surface area (TPSA) is 47.7 Å². The molecule has 2 heterocycles. The quantitative estimate of drug-likeness (QED) is 0.850. The van der Waals surface area contributed by atoms with Crippen LogP contribution >= 0.6 is 0 Å². The predicted molar refractivity (Wildman–Crippen MR) is 85.2 cm³/mol. The number of hydrogen-bond acceptors (Lipinski definition) is 3. The van der Waals surface area contributed by atoms with Gasteiger partial charge in [0.15, 0.2) is 0 Å². The molecular formula is C16H27N5. The first-order chi connectivity index (χ1) is 9.99. The van der Waals surface area contributed by atoms with Gasteiger partial charge in [0.05, 0.1) is 5.69 Å². The number of nitrogens with one attached hydrogen (secondary N) is 1. The zero-order chi connectivity index (χ0) is 15.4. The third-order valence-electron chi connectivity index (χ3n) is 3.89. The van der Waals surface area contributed by atoms with Gasteiger partial charge in [0.1, 0.15) is 0 Å². The predicted octanol–water partition coefficient (Wildman–Crippen LogP) is 2.22. The number of hydrogen-bond donors (Lipinski definition) is 1. The van der Waals surface area contributed by atoms with Crippen molar-refractivity contribution in [2.24, 2.45) is 13.0 Å². The summed E-state index contributed by atoms with van der Waals surface area (Å²) in [6, 6.07) is 2.07. The molecule has 0 amide bonds. The van der Waals surface area contributed by atoms with Gasteiger partial charge >= 0.3 is 0 Å². The Bertz CT molecular complexity index is 580. The second-order valence-corrected chi connectivity index (χ2v) is 6.09. The van der Waals surface area contributed by atoms with E-state index in [1.54, 1.807) is 0 Å². The van der Waals surface area contributed by atoms with Crippen LogP contribution in [0.4, 0.5) is 0 Å². The minimum absolute atomic E-state index is 0.672. The summed E-state index contributed by atoms with van der Waals surface area (Å²) in [5.74, 6) is 0.672. The van der Waals surface area contributed by atoms with Gasteiger partial charge in [0.2, 0.25) is 0 Å². The van der Waals surface area contributed by atoms with Crippen LogP contribution in [0.1, 0.15) is 36.5 Å². The van der Waals surface area contributed by atoms with E-state index in [0.717, 1.165) is 31.7 Å². The minimum atomic E-state index is 0.672. The highest BCUT2D eigenvalue weighted by molar-refractivity contribution is 5.24. The van der Waals surface area contributed by atoms with Gasteiger partial charge in [-0.15, -0.1) is 0 Å². The molecule has 0 aliphatic rings. The van der Waals surface area contributed by atoms with E-state index in [-0.39, 0.29) is 0 Å². The molecule has 0 radical (unpaired) electrons. The van der Waals surface area contributed by atoms with Crippen molar-refractivity contribution < 1.29 is 0 Å². The average molecular weight is 289 g/mol. The Hall–Kier alpha value is -1.62. The Balaban J connectivity index is 1.99. The summed E-state index contributed by atoms with van der Waals surface area (Å²) in [6.45, 7) is 11.6. The van der Waals surface area contributed by atoms with E-state index in [1.165, 1.54) is 17.0 Å². The van der Waals surface area contributed by atoms with Crippen molar-refractivity contribution in [1.29, 1.82) is 0 Å². The highest BCUT2D eigenvalue weighted by atomic mass is 15.3. The van der Waals surface area contributed by atoms with Crippen molar-refractivity contribution >= 4 is 0 Å². The van der Waals surface area contributed by atoms with Crippen molar-refractivity contribution in [3.63, 3.8) is 0 Å². The molecule has 0 aromatic carbocycles. The van der Waals surface area contributed by atoms with Gasteiger partial charge in [-0.05, 0) is 32.4 Å². The zero-order valence-electron chi connectivity index (χ0n) is 13.8. The van der Waals surface area contributed by atoms with Gasteiger partial charge < -0.3 is 5.32 Å². The maximum Gasteiger partial charge on any atom is 0.0641 e. The van der Waals surface area contributed by atoms with Crippen LogP contribution in [0.3, 0.4) is 0 Å². The summed E-state index contributed by atoms with van der Waals surface area (Å²) < 4.78 is 4.05. The molecule has 2 aromatic rings. The molecular weight excluding hydrogens is 262 g/mol. The number of rotatable bonds is 7. The lowest BCUT2D eigenvalue weighted by Crippen LogP contribution is -2.19. The standard InChI is InChI=1S/C16H27N5/c1-12(2)10-17-11-16-13(3)19-21(14(16)4)9-7-15-6-8-18-20(15)5/h6,8,12,17H,7,9-11H2,1-5H3. The third-order valence-corrected chi connectivity index (χ3v) is 3.89. The Kier molecular flexibility index (Phi) is 5.17. The summed E-state index contributed by atoms with van der Waals surface area (Å²) in [6.07, 6.45) is 2.80. The first-order valence-corrected chi connectivity index (χ1v) is 7.69. The lowest BCUT2D eigenvalue weighted by atomic mass is 10.1. The summed E-state index contributed by atoms with van der Waals surface area (Å²) in [4.78, 5) is 0. The third kappa shape index (κ3) is 3.94. The molecule has 0 spiro atoms. The van der Waals surface area contributed by atoms with Crippen LogP contribution in [-0.4, -0.2) is 26.1 Å².